The van der Waals surface area contributed by atoms with Crippen LogP contribution in [0.15, 0.2) is 66.7 Å². The van der Waals surface area contributed by atoms with E-state index < -0.39 is 0 Å². The molecule has 0 unspecified atom stereocenters. The van der Waals surface area contributed by atoms with Gasteiger partial charge in [0.15, 0.2) is 0 Å². The van der Waals surface area contributed by atoms with Crippen molar-refractivity contribution >= 4 is 56.3 Å². The molecule has 4 aromatic rings. The van der Waals surface area contributed by atoms with Gasteiger partial charge >= 0.3 is 0 Å². The minimum absolute atomic E-state index is 0.240. The number of hydrogen-bond acceptors (Lipinski definition) is 3. The normalized spacial score (nSPS) is 10.8. The number of nitrogens with zero attached hydrogens (tertiary/aromatic N) is 1. The molecule has 4 rings (SSSR count). The highest BCUT2D eigenvalue weighted by Gasteiger charge is 2.16. The molecule has 0 saturated carbocycles. The van der Waals surface area contributed by atoms with E-state index in [-0.39, 0.29) is 10.9 Å². The van der Waals surface area contributed by atoms with Crippen molar-refractivity contribution in [2.45, 2.75) is 0 Å². The topological polar surface area (TPSA) is 42.0 Å². The molecule has 1 aromatic heterocycles. The first kappa shape index (κ1) is 17.0. The number of thiazole rings is 1. The molecule has 26 heavy (non-hydrogen) atoms. The van der Waals surface area contributed by atoms with Crippen molar-refractivity contribution in [1.82, 2.24) is 4.98 Å². The largest absolute Gasteiger partial charge is 0.321 e. The molecular weight excluding hydrogens is 387 g/mol. The molecule has 0 bridgehead atoms. The van der Waals surface area contributed by atoms with Crippen molar-refractivity contribution in [2.24, 2.45) is 0 Å². The zero-order chi connectivity index (χ0) is 18.1. The lowest BCUT2D eigenvalue weighted by molar-refractivity contribution is 0.102. The molecule has 1 heterocycles. The summed E-state index contributed by atoms with van der Waals surface area (Å²) in [6.45, 7) is 0. The fourth-order valence-corrected chi connectivity index (χ4v) is 4.03. The number of para-hydroxylation sites is 2. The third-order valence-electron chi connectivity index (χ3n) is 3.90. The molecule has 0 radical (unpaired) electrons. The fourth-order valence-electron chi connectivity index (χ4n) is 2.63. The summed E-state index contributed by atoms with van der Waals surface area (Å²) in [5.41, 5.74) is 2.80. The number of fused-ring (bicyclic) bond motifs is 1. The number of hydrogen-bond donors (Lipinski definition) is 1. The van der Waals surface area contributed by atoms with E-state index in [2.05, 4.69) is 10.3 Å². The van der Waals surface area contributed by atoms with Crippen molar-refractivity contribution in [3.8, 4) is 10.6 Å². The number of aromatic nitrogens is 1. The Morgan fingerprint density at radius 2 is 1.69 bits per heavy atom. The number of anilines is 1. The molecule has 0 fully saturated rings. The van der Waals surface area contributed by atoms with Crippen molar-refractivity contribution < 1.29 is 4.79 Å². The Bertz CT molecular complexity index is 1090. The highest BCUT2D eigenvalue weighted by Crippen LogP contribution is 2.35. The lowest BCUT2D eigenvalue weighted by Crippen LogP contribution is -2.13. The Morgan fingerprint density at radius 1 is 0.923 bits per heavy atom. The molecule has 0 atom stereocenters. The Balaban J connectivity index is 1.72. The van der Waals surface area contributed by atoms with Crippen molar-refractivity contribution in [1.29, 1.82) is 0 Å². The van der Waals surface area contributed by atoms with Crippen molar-refractivity contribution in [2.75, 3.05) is 5.32 Å². The van der Waals surface area contributed by atoms with Gasteiger partial charge in [0.05, 0.1) is 31.5 Å². The first-order valence-electron chi connectivity index (χ1n) is 7.84. The van der Waals surface area contributed by atoms with Crippen molar-refractivity contribution in [3.63, 3.8) is 0 Å². The van der Waals surface area contributed by atoms with Crippen LogP contribution in [0.1, 0.15) is 10.4 Å². The van der Waals surface area contributed by atoms with Gasteiger partial charge in [-0.2, -0.15) is 0 Å². The maximum atomic E-state index is 12.7. The summed E-state index contributed by atoms with van der Waals surface area (Å²) < 4.78 is 1.10. The van der Waals surface area contributed by atoms with Crippen LogP contribution in [-0.2, 0) is 0 Å². The van der Waals surface area contributed by atoms with Gasteiger partial charge in [-0.1, -0.05) is 53.5 Å². The molecule has 3 nitrogen and oxygen atoms in total. The Kier molecular flexibility index (Phi) is 4.64. The van der Waals surface area contributed by atoms with Gasteiger partial charge in [0.2, 0.25) is 0 Å². The van der Waals surface area contributed by atoms with E-state index in [0.29, 0.717) is 16.3 Å². The summed E-state index contributed by atoms with van der Waals surface area (Å²) in [7, 11) is 0. The summed E-state index contributed by atoms with van der Waals surface area (Å²) in [5.74, 6) is -0.314. The van der Waals surface area contributed by atoms with E-state index in [0.717, 1.165) is 20.8 Å². The van der Waals surface area contributed by atoms with E-state index in [1.165, 1.54) is 0 Å². The average Bonchev–Trinajstić information content (AvgIpc) is 3.08. The third-order valence-corrected chi connectivity index (χ3v) is 5.78. The molecule has 0 spiro atoms. The van der Waals surface area contributed by atoms with Crippen LogP contribution in [0.3, 0.4) is 0 Å². The van der Waals surface area contributed by atoms with Crippen LogP contribution < -0.4 is 5.32 Å². The minimum Gasteiger partial charge on any atom is -0.321 e. The lowest BCUT2D eigenvalue weighted by Gasteiger charge is -2.10. The summed E-state index contributed by atoms with van der Waals surface area (Å²) in [5, 5.41) is 4.35. The van der Waals surface area contributed by atoms with Gasteiger partial charge in [-0.05, 0) is 36.4 Å². The Hall–Kier alpha value is -2.40. The van der Waals surface area contributed by atoms with Crippen LogP contribution in [0.25, 0.3) is 20.8 Å². The summed E-state index contributed by atoms with van der Waals surface area (Å²) >= 11 is 13.8. The Labute approximate surface area is 164 Å². The monoisotopic (exact) mass is 398 g/mol. The quantitative estimate of drug-likeness (QED) is 0.426. The second-order valence-corrected chi connectivity index (χ2v) is 7.40. The molecule has 1 N–H and O–H groups in total. The van der Waals surface area contributed by atoms with E-state index in [4.69, 9.17) is 23.2 Å². The number of amides is 1. The van der Waals surface area contributed by atoms with E-state index in [1.807, 2.05) is 48.5 Å². The van der Waals surface area contributed by atoms with Crippen LogP contribution in [0, 0.1) is 0 Å². The predicted octanol–water partition coefficient (Wildman–Crippen LogP) is 6.52. The lowest BCUT2D eigenvalue weighted by atomic mass is 10.1. The zero-order valence-corrected chi connectivity index (χ0v) is 15.7. The van der Waals surface area contributed by atoms with Gasteiger partial charge in [-0.15, -0.1) is 11.3 Å². The SMILES string of the molecule is O=C(Nc1ccccc1-c1nc2ccccc2s1)c1cccc(Cl)c1Cl. The zero-order valence-electron chi connectivity index (χ0n) is 13.4. The summed E-state index contributed by atoms with van der Waals surface area (Å²) in [4.78, 5) is 17.3. The maximum absolute atomic E-state index is 12.7. The number of halogens is 2. The molecule has 128 valence electrons. The molecule has 6 heteroatoms. The third kappa shape index (κ3) is 3.19. The molecule has 1 amide bonds. The summed E-state index contributed by atoms with van der Waals surface area (Å²) in [6, 6.07) is 20.5. The molecule has 0 aliphatic carbocycles. The number of nitrogens with one attached hydrogen (secondary N) is 1. The fraction of sp³-hybridized carbons (Fsp3) is 0. The Morgan fingerprint density at radius 3 is 2.54 bits per heavy atom. The molecular formula is C20H12Cl2N2OS. The second kappa shape index (κ2) is 7.08. The van der Waals surface area contributed by atoms with Gasteiger partial charge in [0, 0.05) is 5.56 Å². The van der Waals surface area contributed by atoms with Crippen LogP contribution in [0.5, 0.6) is 0 Å². The first-order valence-corrected chi connectivity index (χ1v) is 9.41. The predicted molar refractivity (Wildman–Crippen MR) is 109 cm³/mol. The van der Waals surface area contributed by atoms with E-state index >= 15 is 0 Å². The van der Waals surface area contributed by atoms with Crippen molar-refractivity contribution in [3.05, 3.63) is 82.3 Å². The van der Waals surface area contributed by atoms with Gasteiger partial charge in [-0.25, -0.2) is 4.98 Å². The molecule has 0 saturated heterocycles. The molecule has 0 aliphatic heterocycles. The average molecular weight is 399 g/mol. The first-order chi connectivity index (χ1) is 12.6. The molecule has 0 aliphatic rings. The number of carbonyl (C=O) groups excluding carboxylic acids is 1. The standard InChI is InChI=1S/C20H12Cl2N2OS/c21-14-8-5-7-13(18(14)22)19(25)23-15-9-2-1-6-12(15)20-24-16-10-3-4-11-17(16)26-20/h1-11H,(H,23,25). The number of carbonyl (C=O) groups is 1. The van der Waals surface area contributed by atoms with Crippen LogP contribution in [-0.4, -0.2) is 10.9 Å². The minimum atomic E-state index is -0.314. The molecule has 3 aromatic carbocycles. The van der Waals surface area contributed by atoms with E-state index in [1.54, 1.807) is 29.5 Å². The highest BCUT2D eigenvalue weighted by molar-refractivity contribution is 7.21. The van der Waals surface area contributed by atoms with E-state index in [9.17, 15) is 4.79 Å². The van der Waals surface area contributed by atoms with Crippen LogP contribution >= 0.6 is 34.5 Å². The van der Waals surface area contributed by atoms with Gasteiger partial charge in [0.1, 0.15) is 5.01 Å². The van der Waals surface area contributed by atoms with Crippen LogP contribution in [0.4, 0.5) is 5.69 Å². The summed E-state index contributed by atoms with van der Waals surface area (Å²) in [6.07, 6.45) is 0. The van der Waals surface area contributed by atoms with Crippen LogP contribution in [0.2, 0.25) is 10.0 Å². The smallest absolute Gasteiger partial charge is 0.257 e. The van der Waals surface area contributed by atoms with Gasteiger partial charge in [-0.3, -0.25) is 4.79 Å². The maximum Gasteiger partial charge on any atom is 0.257 e. The van der Waals surface area contributed by atoms with Gasteiger partial charge < -0.3 is 5.32 Å². The van der Waals surface area contributed by atoms with Gasteiger partial charge in [0.25, 0.3) is 5.91 Å². The second-order valence-electron chi connectivity index (χ2n) is 5.59. The number of rotatable bonds is 3. The number of benzene rings is 3. The highest BCUT2D eigenvalue weighted by atomic mass is 35.5.